The summed E-state index contributed by atoms with van der Waals surface area (Å²) in [6.45, 7) is 2.49. The van der Waals surface area contributed by atoms with Crippen LogP contribution in [-0.4, -0.2) is 35.6 Å². The Morgan fingerprint density at radius 3 is 2.38 bits per heavy atom. The summed E-state index contributed by atoms with van der Waals surface area (Å²) in [6.07, 6.45) is 4.13. The highest BCUT2D eigenvalue weighted by molar-refractivity contribution is 5.82. The van der Waals surface area contributed by atoms with Crippen LogP contribution in [0, 0.1) is 0 Å². The number of nitrogens with one attached hydrogen (secondary N) is 2. The van der Waals surface area contributed by atoms with Crippen molar-refractivity contribution in [3.05, 3.63) is 0 Å². The number of amides is 1. The van der Waals surface area contributed by atoms with Crippen molar-refractivity contribution in [2.75, 3.05) is 13.1 Å². The minimum Gasteiger partial charge on any atom is -0.480 e. The van der Waals surface area contributed by atoms with E-state index >= 15 is 0 Å². The molecule has 1 aliphatic carbocycles. The molecular weight excluding hydrogens is 208 g/mol. The van der Waals surface area contributed by atoms with Crippen LogP contribution < -0.4 is 10.6 Å². The normalized spacial score (nSPS) is 19.1. The Hall–Kier alpha value is -1.10. The zero-order valence-corrected chi connectivity index (χ0v) is 9.71. The number of aliphatic carboxylic acids is 1. The van der Waals surface area contributed by atoms with E-state index in [1.54, 1.807) is 0 Å². The summed E-state index contributed by atoms with van der Waals surface area (Å²) in [5.74, 6) is -0.981. The summed E-state index contributed by atoms with van der Waals surface area (Å²) >= 11 is 0. The molecule has 0 radical (unpaired) electrons. The van der Waals surface area contributed by atoms with Crippen molar-refractivity contribution in [2.45, 2.75) is 44.6 Å². The fourth-order valence-electron chi connectivity index (χ4n) is 2.13. The topological polar surface area (TPSA) is 78.4 Å². The van der Waals surface area contributed by atoms with E-state index in [9.17, 15) is 14.7 Å². The van der Waals surface area contributed by atoms with Gasteiger partial charge in [-0.15, -0.1) is 0 Å². The number of carbonyl (C=O) groups excluding carboxylic acids is 1. The number of carbonyl (C=O) groups is 2. The second kappa shape index (κ2) is 5.84. The van der Waals surface area contributed by atoms with Crippen LogP contribution in [0.3, 0.4) is 0 Å². The van der Waals surface area contributed by atoms with Crippen LogP contribution in [0.5, 0.6) is 0 Å². The summed E-state index contributed by atoms with van der Waals surface area (Å²) in [7, 11) is 0. The molecule has 0 aromatic rings. The van der Waals surface area contributed by atoms with Crippen LogP contribution >= 0.6 is 0 Å². The first-order valence-corrected chi connectivity index (χ1v) is 5.86. The second-order valence-corrected chi connectivity index (χ2v) is 4.25. The predicted molar refractivity (Wildman–Crippen MR) is 60.1 cm³/mol. The van der Waals surface area contributed by atoms with E-state index in [1.165, 1.54) is 0 Å². The lowest BCUT2D eigenvalue weighted by Gasteiger charge is -2.33. The molecule has 0 heterocycles. The van der Waals surface area contributed by atoms with Gasteiger partial charge in [0, 0.05) is 6.54 Å². The monoisotopic (exact) mass is 228 g/mol. The maximum atomic E-state index is 11.3. The van der Waals surface area contributed by atoms with E-state index in [-0.39, 0.29) is 12.5 Å². The van der Waals surface area contributed by atoms with Gasteiger partial charge in [0.2, 0.25) is 5.91 Å². The molecule has 1 fully saturated rings. The van der Waals surface area contributed by atoms with Gasteiger partial charge < -0.3 is 10.4 Å². The Bertz CT molecular complexity index is 260. The largest absolute Gasteiger partial charge is 0.480 e. The van der Waals surface area contributed by atoms with Gasteiger partial charge >= 0.3 is 5.97 Å². The molecule has 92 valence electrons. The lowest BCUT2D eigenvalue weighted by atomic mass is 9.81. The SMILES string of the molecule is CCNC(=O)CNC1(C(=O)O)CCCCC1. The molecule has 5 nitrogen and oxygen atoms in total. The molecule has 1 aliphatic rings. The van der Waals surface area contributed by atoms with Crippen LogP contribution in [0.25, 0.3) is 0 Å². The maximum absolute atomic E-state index is 11.3. The van der Waals surface area contributed by atoms with Crippen molar-refractivity contribution < 1.29 is 14.7 Å². The van der Waals surface area contributed by atoms with E-state index in [0.717, 1.165) is 19.3 Å². The summed E-state index contributed by atoms with van der Waals surface area (Å²) in [5, 5.41) is 14.8. The van der Waals surface area contributed by atoms with Crippen molar-refractivity contribution in [1.29, 1.82) is 0 Å². The number of carboxylic acids is 1. The van der Waals surface area contributed by atoms with Crippen LogP contribution in [-0.2, 0) is 9.59 Å². The molecule has 0 aromatic carbocycles. The van der Waals surface area contributed by atoms with Gasteiger partial charge in [-0.3, -0.25) is 14.9 Å². The molecule has 0 aliphatic heterocycles. The predicted octanol–water partition coefficient (Wildman–Crippen LogP) is 0.500. The maximum Gasteiger partial charge on any atom is 0.323 e. The number of carboxylic acid groups (broad SMARTS) is 1. The average molecular weight is 228 g/mol. The van der Waals surface area contributed by atoms with E-state index < -0.39 is 11.5 Å². The Morgan fingerprint density at radius 1 is 1.25 bits per heavy atom. The van der Waals surface area contributed by atoms with E-state index in [2.05, 4.69) is 10.6 Å². The lowest BCUT2D eigenvalue weighted by molar-refractivity contribution is -0.146. The van der Waals surface area contributed by atoms with Gasteiger partial charge in [0.1, 0.15) is 5.54 Å². The molecule has 0 saturated heterocycles. The Kier molecular flexibility index (Phi) is 4.73. The van der Waals surface area contributed by atoms with Crippen LogP contribution in [0.2, 0.25) is 0 Å². The number of hydrogen-bond donors (Lipinski definition) is 3. The average Bonchev–Trinajstić information content (AvgIpc) is 2.28. The highest BCUT2D eigenvalue weighted by Crippen LogP contribution is 2.28. The molecule has 1 rings (SSSR count). The molecule has 16 heavy (non-hydrogen) atoms. The second-order valence-electron chi connectivity index (χ2n) is 4.25. The molecule has 1 amide bonds. The number of hydrogen-bond acceptors (Lipinski definition) is 3. The van der Waals surface area contributed by atoms with Gasteiger partial charge in [0.25, 0.3) is 0 Å². The van der Waals surface area contributed by atoms with Crippen LogP contribution in [0.1, 0.15) is 39.0 Å². The third-order valence-electron chi connectivity index (χ3n) is 3.08. The highest BCUT2D eigenvalue weighted by Gasteiger charge is 2.39. The van der Waals surface area contributed by atoms with Crippen molar-refractivity contribution in [2.24, 2.45) is 0 Å². The molecule has 0 aromatic heterocycles. The smallest absolute Gasteiger partial charge is 0.323 e. The summed E-state index contributed by atoms with van der Waals surface area (Å²) < 4.78 is 0. The molecule has 5 heteroatoms. The lowest BCUT2D eigenvalue weighted by Crippen LogP contribution is -2.55. The summed E-state index contributed by atoms with van der Waals surface area (Å²) in [5.41, 5.74) is -0.886. The molecule has 3 N–H and O–H groups in total. The van der Waals surface area contributed by atoms with E-state index in [4.69, 9.17) is 0 Å². The van der Waals surface area contributed by atoms with Crippen LogP contribution in [0.4, 0.5) is 0 Å². The Balaban J connectivity index is 2.51. The highest BCUT2D eigenvalue weighted by atomic mass is 16.4. The first-order valence-electron chi connectivity index (χ1n) is 5.86. The van der Waals surface area contributed by atoms with Crippen molar-refractivity contribution in [3.63, 3.8) is 0 Å². The summed E-state index contributed by atoms with van der Waals surface area (Å²) in [4.78, 5) is 22.5. The van der Waals surface area contributed by atoms with Gasteiger partial charge in [0.15, 0.2) is 0 Å². The fourth-order valence-corrected chi connectivity index (χ4v) is 2.13. The molecule has 1 saturated carbocycles. The Labute approximate surface area is 95.6 Å². The number of rotatable bonds is 5. The quantitative estimate of drug-likeness (QED) is 0.640. The third-order valence-corrected chi connectivity index (χ3v) is 3.08. The van der Waals surface area contributed by atoms with E-state index in [1.807, 2.05) is 6.92 Å². The van der Waals surface area contributed by atoms with Gasteiger partial charge in [0.05, 0.1) is 6.54 Å². The molecular formula is C11H20N2O3. The van der Waals surface area contributed by atoms with Gasteiger partial charge in [-0.2, -0.15) is 0 Å². The minimum atomic E-state index is -0.886. The summed E-state index contributed by atoms with van der Waals surface area (Å²) in [6, 6.07) is 0. The third kappa shape index (κ3) is 3.20. The molecule has 0 atom stereocenters. The van der Waals surface area contributed by atoms with Crippen molar-refractivity contribution in [3.8, 4) is 0 Å². The van der Waals surface area contributed by atoms with Crippen LogP contribution in [0.15, 0.2) is 0 Å². The minimum absolute atomic E-state index is 0.0835. The van der Waals surface area contributed by atoms with Gasteiger partial charge in [-0.25, -0.2) is 0 Å². The molecule has 0 bridgehead atoms. The first-order chi connectivity index (χ1) is 7.60. The number of likely N-dealkylation sites (N-methyl/N-ethyl adjacent to an activating group) is 1. The van der Waals surface area contributed by atoms with Crippen molar-refractivity contribution >= 4 is 11.9 Å². The molecule has 0 spiro atoms. The zero-order chi connectivity index (χ0) is 12.0. The van der Waals surface area contributed by atoms with Crippen molar-refractivity contribution in [1.82, 2.24) is 10.6 Å². The zero-order valence-electron chi connectivity index (χ0n) is 9.71. The van der Waals surface area contributed by atoms with Gasteiger partial charge in [-0.1, -0.05) is 19.3 Å². The standard InChI is InChI=1S/C11H20N2O3/c1-2-12-9(14)8-13-11(10(15)16)6-4-3-5-7-11/h13H,2-8H2,1H3,(H,12,14)(H,15,16). The van der Waals surface area contributed by atoms with Gasteiger partial charge in [-0.05, 0) is 19.8 Å². The first kappa shape index (κ1) is 13.0. The Morgan fingerprint density at radius 2 is 1.88 bits per heavy atom. The molecule has 0 unspecified atom stereocenters. The fraction of sp³-hybridized carbons (Fsp3) is 0.818. The van der Waals surface area contributed by atoms with E-state index in [0.29, 0.717) is 19.4 Å².